The molecule has 1 rings (SSSR count). The zero-order valence-corrected chi connectivity index (χ0v) is 12.1. The summed E-state index contributed by atoms with van der Waals surface area (Å²) < 4.78 is 5.14. The van der Waals surface area contributed by atoms with Gasteiger partial charge in [0.2, 0.25) is 0 Å². The van der Waals surface area contributed by atoms with E-state index in [1.807, 2.05) is 36.9 Å². The van der Waals surface area contributed by atoms with Gasteiger partial charge in [-0.05, 0) is 43.1 Å². The van der Waals surface area contributed by atoms with Crippen LogP contribution in [-0.2, 0) is 4.74 Å². The molecule has 0 unspecified atom stereocenters. The van der Waals surface area contributed by atoms with Crippen molar-refractivity contribution in [1.29, 1.82) is 0 Å². The fourth-order valence-corrected chi connectivity index (χ4v) is 2.06. The fraction of sp³-hybridized carbons (Fsp3) is 0.375. The van der Waals surface area contributed by atoms with Gasteiger partial charge in [0.1, 0.15) is 0 Å². The molecule has 0 saturated heterocycles. The zero-order valence-electron chi connectivity index (χ0n) is 11.3. The van der Waals surface area contributed by atoms with Gasteiger partial charge in [0.25, 0.3) is 0 Å². The van der Waals surface area contributed by atoms with Gasteiger partial charge in [0, 0.05) is 18.3 Å². The maximum atomic E-state index is 5.14. The van der Waals surface area contributed by atoms with Crippen LogP contribution in [0.3, 0.4) is 0 Å². The van der Waals surface area contributed by atoms with Gasteiger partial charge in [0.15, 0.2) is 0 Å². The predicted octanol–water partition coefficient (Wildman–Crippen LogP) is 4.11. The van der Waals surface area contributed by atoms with Crippen molar-refractivity contribution >= 4 is 11.8 Å². The summed E-state index contributed by atoms with van der Waals surface area (Å²) in [6.45, 7) is 2.56. The van der Waals surface area contributed by atoms with Crippen molar-refractivity contribution in [1.82, 2.24) is 0 Å². The summed E-state index contributed by atoms with van der Waals surface area (Å²) in [7, 11) is 1.69. The molecule has 96 valence electrons. The van der Waals surface area contributed by atoms with E-state index in [4.69, 9.17) is 4.74 Å². The second kappa shape index (κ2) is 8.85. The molecule has 0 fully saturated rings. The molecule has 1 aliphatic rings. The van der Waals surface area contributed by atoms with Crippen molar-refractivity contribution in [2.75, 3.05) is 20.0 Å². The molecule has 0 radical (unpaired) electrons. The average Bonchev–Trinajstić information content (AvgIpc) is 2.42. The number of methoxy groups -OCH3 is 1. The summed E-state index contributed by atoms with van der Waals surface area (Å²) in [5.41, 5.74) is 2.21. The minimum absolute atomic E-state index is 0.566. The molecule has 0 saturated carbocycles. The first-order chi connectivity index (χ1) is 8.80. The van der Waals surface area contributed by atoms with Gasteiger partial charge in [-0.25, -0.2) is 0 Å². The third-order valence-corrected chi connectivity index (χ3v) is 3.41. The molecule has 0 atom stereocenters. The zero-order chi connectivity index (χ0) is 13.2. The van der Waals surface area contributed by atoms with E-state index in [1.54, 1.807) is 7.11 Å². The van der Waals surface area contributed by atoms with E-state index >= 15 is 0 Å². The summed E-state index contributed by atoms with van der Waals surface area (Å²) in [6.07, 6.45) is 14.6. The minimum atomic E-state index is 0.566. The number of thioether (sulfide) groups is 1. The van der Waals surface area contributed by atoms with Crippen molar-refractivity contribution in [3.8, 4) is 11.8 Å². The Morgan fingerprint density at radius 1 is 1.44 bits per heavy atom. The van der Waals surface area contributed by atoms with Gasteiger partial charge in [-0.2, -0.15) is 0 Å². The largest absolute Gasteiger partial charge is 0.379 e. The van der Waals surface area contributed by atoms with Gasteiger partial charge in [-0.1, -0.05) is 30.1 Å². The monoisotopic (exact) mass is 260 g/mol. The highest BCUT2D eigenvalue weighted by Gasteiger charge is 2.02. The Labute approximate surface area is 115 Å². The SMILES string of the molecule is C/C=C\C=C(\C#CC1=CC=C(SC)CC1)COC. The predicted molar refractivity (Wildman–Crippen MR) is 81.5 cm³/mol. The van der Waals surface area contributed by atoms with Crippen molar-refractivity contribution in [3.05, 3.63) is 46.4 Å². The van der Waals surface area contributed by atoms with Gasteiger partial charge >= 0.3 is 0 Å². The van der Waals surface area contributed by atoms with Crippen LogP contribution in [0.15, 0.2) is 46.4 Å². The van der Waals surface area contributed by atoms with E-state index in [1.165, 1.54) is 10.5 Å². The van der Waals surface area contributed by atoms with E-state index in [0.29, 0.717) is 6.61 Å². The number of rotatable bonds is 4. The molecule has 0 amide bonds. The first-order valence-electron chi connectivity index (χ1n) is 6.06. The summed E-state index contributed by atoms with van der Waals surface area (Å²) in [5, 5.41) is 0. The van der Waals surface area contributed by atoms with E-state index in [-0.39, 0.29) is 0 Å². The Kier molecular flexibility index (Phi) is 7.32. The van der Waals surface area contributed by atoms with Crippen LogP contribution in [0, 0.1) is 11.8 Å². The number of ether oxygens (including phenoxy) is 1. The molecule has 0 N–H and O–H groups in total. The molecule has 0 aromatic carbocycles. The molecule has 0 spiro atoms. The molecular formula is C16H20OS. The van der Waals surface area contributed by atoms with Gasteiger partial charge in [-0.3, -0.25) is 0 Å². The number of hydrogen-bond acceptors (Lipinski definition) is 2. The average molecular weight is 260 g/mol. The Morgan fingerprint density at radius 2 is 2.28 bits per heavy atom. The Balaban J connectivity index is 2.74. The number of hydrogen-bond donors (Lipinski definition) is 0. The molecule has 1 nitrogen and oxygen atoms in total. The van der Waals surface area contributed by atoms with Crippen LogP contribution in [0.5, 0.6) is 0 Å². The Hall–Kier alpha value is -1.17. The van der Waals surface area contributed by atoms with Crippen LogP contribution in [0.4, 0.5) is 0 Å². The van der Waals surface area contributed by atoms with Crippen LogP contribution >= 0.6 is 11.8 Å². The van der Waals surface area contributed by atoms with Gasteiger partial charge in [0.05, 0.1) is 6.61 Å². The van der Waals surface area contributed by atoms with Crippen molar-refractivity contribution in [3.63, 3.8) is 0 Å². The third-order valence-electron chi connectivity index (χ3n) is 2.55. The molecular weight excluding hydrogens is 240 g/mol. The van der Waals surface area contributed by atoms with Crippen LogP contribution in [0.1, 0.15) is 19.8 Å². The fourth-order valence-electron chi connectivity index (χ4n) is 1.55. The normalized spacial score (nSPS) is 16.1. The standard InChI is InChI=1S/C16H20OS/c1-4-5-6-15(13-17-2)8-7-14-9-11-16(18-3)12-10-14/h4-6,9,11H,10,12-13H2,1-3H3/b5-4-,15-6-. The molecule has 0 aromatic heterocycles. The highest BCUT2D eigenvalue weighted by molar-refractivity contribution is 8.02. The highest BCUT2D eigenvalue weighted by atomic mass is 32.2. The summed E-state index contributed by atoms with van der Waals surface area (Å²) >= 11 is 1.82. The molecule has 2 heteroatoms. The molecule has 0 aliphatic heterocycles. The van der Waals surface area contributed by atoms with Crippen LogP contribution in [0.2, 0.25) is 0 Å². The third kappa shape index (κ3) is 5.44. The lowest BCUT2D eigenvalue weighted by atomic mass is 10.1. The Bertz CT molecular complexity index is 441. The van der Waals surface area contributed by atoms with Crippen molar-refractivity contribution < 1.29 is 4.74 Å². The molecule has 1 aliphatic carbocycles. The van der Waals surface area contributed by atoms with E-state index in [0.717, 1.165) is 18.4 Å². The maximum absolute atomic E-state index is 5.14. The maximum Gasteiger partial charge on any atom is 0.0791 e. The molecule has 0 heterocycles. The van der Waals surface area contributed by atoms with Crippen LogP contribution in [-0.4, -0.2) is 20.0 Å². The van der Waals surface area contributed by atoms with Crippen LogP contribution < -0.4 is 0 Å². The number of allylic oxidation sites excluding steroid dienone is 7. The second-order valence-corrected chi connectivity index (χ2v) is 4.86. The quantitative estimate of drug-likeness (QED) is 0.556. The second-order valence-electron chi connectivity index (χ2n) is 3.93. The lowest BCUT2D eigenvalue weighted by Crippen LogP contribution is -1.93. The smallest absolute Gasteiger partial charge is 0.0791 e. The lowest BCUT2D eigenvalue weighted by molar-refractivity contribution is 0.229. The molecule has 18 heavy (non-hydrogen) atoms. The van der Waals surface area contributed by atoms with Crippen molar-refractivity contribution in [2.45, 2.75) is 19.8 Å². The molecule has 0 aromatic rings. The highest BCUT2D eigenvalue weighted by Crippen LogP contribution is 2.24. The minimum Gasteiger partial charge on any atom is -0.379 e. The topological polar surface area (TPSA) is 9.23 Å². The van der Waals surface area contributed by atoms with E-state index < -0.39 is 0 Å². The first-order valence-corrected chi connectivity index (χ1v) is 7.29. The summed E-state index contributed by atoms with van der Waals surface area (Å²) in [5.74, 6) is 6.42. The first kappa shape index (κ1) is 14.9. The Morgan fingerprint density at radius 3 is 2.83 bits per heavy atom. The lowest BCUT2D eigenvalue weighted by Gasteiger charge is -2.08. The van der Waals surface area contributed by atoms with Gasteiger partial charge < -0.3 is 4.74 Å². The summed E-state index contributed by atoms with van der Waals surface area (Å²) in [4.78, 5) is 1.43. The van der Waals surface area contributed by atoms with E-state index in [2.05, 4.69) is 30.2 Å². The molecule has 0 bridgehead atoms. The summed E-state index contributed by atoms with van der Waals surface area (Å²) in [6, 6.07) is 0. The van der Waals surface area contributed by atoms with Crippen molar-refractivity contribution in [2.24, 2.45) is 0 Å². The van der Waals surface area contributed by atoms with Gasteiger partial charge in [-0.15, -0.1) is 11.8 Å². The van der Waals surface area contributed by atoms with E-state index in [9.17, 15) is 0 Å². The van der Waals surface area contributed by atoms with Crippen LogP contribution in [0.25, 0.3) is 0 Å².